The third-order valence-corrected chi connectivity index (χ3v) is 5.80. The van der Waals surface area contributed by atoms with Crippen molar-refractivity contribution in [3.63, 3.8) is 0 Å². The van der Waals surface area contributed by atoms with Gasteiger partial charge in [-0.2, -0.15) is 0 Å². The Balaban J connectivity index is 1.88. The minimum absolute atomic E-state index is 0.282. The second kappa shape index (κ2) is 7.44. The van der Waals surface area contributed by atoms with Gasteiger partial charge in [0.15, 0.2) is 0 Å². The summed E-state index contributed by atoms with van der Waals surface area (Å²) < 4.78 is 0. The predicted molar refractivity (Wildman–Crippen MR) is 112 cm³/mol. The number of anilines is 1. The first-order chi connectivity index (χ1) is 13.5. The number of hydrogen-bond acceptors (Lipinski definition) is 3. The number of imide groups is 1. The average Bonchev–Trinajstić information content (AvgIpc) is 2.93. The summed E-state index contributed by atoms with van der Waals surface area (Å²) >= 11 is 6.34. The lowest BCUT2D eigenvalue weighted by atomic mass is 9.97. The minimum atomic E-state index is -0.300. The van der Waals surface area contributed by atoms with Gasteiger partial charge < -0.3 is 4.90 Å². The van der Waals surface area contributed by atoms with Gasteiger partial charge in [0.25, 0.3) is 11.8 Å². The van der Waals surface area contributed by atoms with Crippen molar-refractivity contribution in [2.75, 3.05) is 18.0 Å². The van der Waals surface area contributed by atoms with Crippen LogP contribution >= 0.6 is 11.6 Å². The van der Waals surface area contributed by atoms with Gasteiger partial charge in [0, 0.05) is 13.1 Å². The van der Waals surface area contributed by atoms with Crippen LogP contribution < -0.4 is 4.90 Å². The third kappa shape index (κ3) is 3.12. The van der Waals surface area contributed by atoms with E-state index in [4.69, 9.17) is 11.6 Å². The zero-order valence-corrected chi connectivity index (χ0v) is 16.9. The fourth-order valence-electron chi connectivity index (χ4n) is 4.12. The number of carbonyl (C=O) groups is 2. The molecule has 0 atom stereocenters. The zero-order chi connectivity index (χ0) is 19.8. The number of carbonyl (C=O) groups excluding carboxylic acids is 2. The summed E-state index contributed by atoms with van der Waals surface area (Å²) in [6, 6.07) is 13.0. The Hall–Kier alpha value is -2.59. The molecule has 5 heteroatoms. The second-order valence-corrected chi connectivity index (χ2v) is 7.89. The number of hydrogen-bond donors (Lipinski definition) is 0. The summed E-state index contributed by atoms with van der Waals surface area (Å²) in [4.78, 5) is 30.3. The minimum Gasteiger partial charge on any atom is -0.366 e. The van der Waals surface area contributed by atoms with Crippen molar-refractivity contribution >= 4 is 34.7 Å². The molecule has 4 rings (SSSR count). The molecule has 2 amide bonds. The topological polar surface area (TPSA) is 40.6 Å². The number of para-hydroxylation sites is 1. The van der Waals surface area contributed by atoms with E-state index in [2.05, 4.69) is 4.90 Å². The van der Waals surface area contributed by atoms with Gasteiger partial charge in [0.05, 0.1) is 16.3 Å². The smallest absolute Gasteiger partial charge is 0.282 e. The largest absolute Gasteiger partial charge is 0.366 e. The van der Waals surface area contributed by atoms with Crippen LogP contribution in [0.15, 0.2) is 48.2 Å². The Labute approximate surface area is 170 Å². The van der Waals surface area contributed by atoms with Gasteiger partial charge in [-0.3, -0.25) is 9.59 Å². The predicted octanol–water partition coefficient (Wildman–Crippen LogP) is 4.73. The van der Waals surface area contributed by atoms with Gasteiger partial charge in [0.2, 0.25) is 0 Å². The van der Waals surface area contributed by atoms with Crippen LogP contribution in [-0.2, 0) is 9.59 Å². The quantitative estimate of drug-likeness (QED) is 0.707. The van der Waals surface area contributed by atoms with Crippen LogP contribution in [0.2, 0.25) is 5.02 Å². The number of aryl methyl sites for hydroxylation is 2. The molecule has 4 nitrogen and oxygen atoms in total. The Morgan fingerprint density at radius 1 is 0.893 bits per heavy atom. The van der Waals surface area contributed by atoms with E-state index in [1.54, 1.807) is 24.3 Å². The summed E-state index contributed by atoms with van der Waals surface area (Å²) in [5, 5.41) is 0.393. The monoisotopic (exact) mass is 394 g/mol. The maximum atomic E-state index is 13.5. The molecule has 1 saturated heterocycles. The highest BCUT2D eigenvalue weighted by atomic mass is 35.5. The first kappa shape index (κ1) is 18.8. The van der Waals surface area contributed by atoms with Crippen molar-refractivity contribution in [3.05, 3.63) is 69.9 Å². The van der Waals surface area contributed by atoms with Crippen molar-refractivity contribution in [2.45, 2.75) is 33.1 Å². The number of halogens is 1. The van der Waals surface area contributed by atoms with Crippen LogP contribution in [0.5, 0.6) is 0 Å². The summed E-state index contributed by atoms with van der Waals surface area (Å²) in [7, 11) is 0. The lowest BCUT2D eigenvalue weighted by molar-refractivity contribution is -0.120. The Bertz CT molecular complexity index is 990. The molecule has 2 aromatic rings. The molecule has 0 aromatic heterocycles. The number of nitrogens with zero attached hydrogens (tertiary/aromatic N) is 2. The summed E-state index contributed by atoms with van der Waals surface area (Å²) in [6.45, 7) is 5.59. The normalized spacial score (nSPS) is 17.7. The standard InChI is InChI=1S/C23H23ClN2O2/c1-15-10-11-17(16(2)14-15)20-21(25-12-6-3-7-13-25)23(28)26(22(20)27)19-9-5-4-8-18(19)24/h4-5,8-11,14H,3,6-7,12-13H2,1-2H3. The van der Waals surface area contributed by atoms with Gasteiger partial charge >= 0.3 is 0 Å². The lowest BCUT2D eigenvalue weighted by Gasteiger charge is -2.29. The van der Waals surface area contributed by atoms with Crippen molar-refractivity contribution in [1.29, 1.82) is 0 Å². The Morgan fingerprint density at radius 2 is 1.61 bits per heavy atom. The number of benzene rings is 2. The van der Waals surface area contributed by atoms with Crippen molar-refractivity contribution < 1.29 is 9.59 Å². The van der Waals surface area contributed by atoms with E-state index in [1.165, 1.54) is 4.90 Å². The summed E-state index contributed by atoms with van der Waals surface area (Å²) in [6.07, 6.45) is 3.20. The molecule has 2 aliphatic rings. The molecule has 0 bridgehead atoms. The molecule has 2 aromatic carbocycles. The van der Waals surface area contributed by atoms with E-state index in [0.717, 1.165) is 49.0 Å². The van der Waals surface area contributed by atoms with Crippen LogP contribution in [0.1, 0.15) is 36.0 Å². The van der Waals surface area contributed by atoms with Crippen LogP contribution in [0.3, 0.4) is 0 Å². The highest BCUT2D eigenvalue weighted by Crippen LogP contribution is 2.39. The second-order valence-electron chi connectivity index (χ2n) is 7.49. The number of rotatable bonds is 3. The van der Waals surface area contributed by atoms with Crippen LogP contribution in [0.25, 0.3) is 5.57 Å². The maximum absolute atomic E-state index is 13.5. The van der Waals surface area contributed by atoms with Crippen molar-refractivity contribution in [1.82, 2.24) is 4.90 Å². The molecule has 0 unspecified atom stereocenters. The molecule has 2 heterocycles. The maximum Gasteiger partial charge on any atom is 0.282 e. The molecule has 0 saturated carbocycles. The lowest BCUT2D eigenvalue weighted by Crippen LogP contribution is -2.37. The molecule has 2 aliphatic heterocycles. The molecular weight excluding hydrogens is 372 g/mol. The van der Waals surface area contributed by atoms with E-state index in [9.17, 15) is 9.59 Å². The average molecular weight is 395 g/mol. The van der Waals surface area contributed by atoms with Gasteiger partial charge in [-0.1, -0.05) is 47.5 Å². The van der Waals surface area contributed by atoms with Crippen LogP contribution in [0, 0.1) is 13.8 Å². The number of amides is 2. The molecule has 0 aliphatic carbocycles. The number of piperidine rings is 1. The molecule has 0 radical (unpaired) electrons. The van der Waals surface area contributed by atoms with Gasteiger partial charge in [-0.15, -0.1) is 0 Å². The first-order valence-electron chi connectivity index (χ1n) is 9.69. The molecule has 144 valence electrons. The fourth-order valence-corrected chi connectivity index (χ4v) is 4.34. The third-order valence-electron chi connectivity index (χ3n) is 5.48. The molecule has 1 fully saturated rings. The first-order valence-corrected chi connectivity index (χ1v) is 10.1. The molecular formula is C23H23ClN2O2. The zero-order valence-electron chi connectivity index (χ0n) is 16.2. The summed E-state index contributed by atoms with van der Waals surface area (Å²) in [5.74, 6) is -0.583. The fraction of sp³-hybridized carbons (Fsp3) is 0.304. The van der Waals surface area contributed by atoms with Crippen LogP contribution in [-0.4, -0.2) is 29.8 Å². The Morgan fingerprint density at radius 3 is 2.29 bits per heavy atom. The van der Waals surface area contributed by atoms with E-state index < -0.39 is 0 Å². The van der Waals surface area contributed by atoms with Crippen molar-refractivity contribution in [3.8, 4) is 0 Å². The number of likely N-dealkylation sites (tertiary alicyclic amines) is 1. The van der Waals surface area contributed by atoms with E-state index in [1.807, 2.05) is 32.0 Å². The van der Waals surface area contributed by atoms with Gasteiger partial charge in [0.1, 0.15) is 5.70 Å². The van der Waals surface area contributed by atoms with E-state index in [0.29, 0.717) is 22.0 Å². The highest BCUT2D eigenvalue weighted by Gasteiger charge is 2.43. The molecule has 28 heavy (non-hydrogen) atoms. The van der Waals surface area contributed by atoms with Crippen LogP contribution in [0.4, 0.5) is 5.69 Å². The Kier molecular flexibility index (Phi) is 4.98. The van der Waals surface area contributed by atoms with Gasteiger partial charge in [-0.25, -0.2) is 4.90 Å². The summed E-state index contributed by atoms with van der Waals surface area (Å²) in [5.41, 5.74) is 4.38. The highest BCUT2D eigenvalue weighted by molar-refractivity contribution is 6.47. The SMILES string of the molecule is Cc1ccc(C2=C(N3CCCCC3)C(=O)N(c3ccccc3Cl)C2=O)c(C)c1. The van der Waals surface area contributed by atoms with Crippen molar-refractivity contribution in [2.24, 2.45) is 0 Å². The molecule has 0 spiro atoms. The van der Waals surface area contributed by atoms with E-state index >= 15 is 0 Å². The van der Waals surface area contributed by atoms with E-state index in [-0.39, 0.29) is 11.8 Å². The molecule has 0 N–H and O–H groups in total. The van der Waals surface area contributed by atoms with Gasteiger partial charge in [-0.05, 0) is 56.4 Å².